The molecule has 0 spiro atoms. The van der Waals surface area contributed by atoms with Crippen molar-refractivity contribution in [3.63, 3.8) is 0 Å². The van der Waals surface area contributed by atoms with E-state index in [9.17, 15) is 0 Å². The molecule has 0 aromatic heterocycles. The second-order valence-electron chi connectivity index (χ2n) is 3.02. The van der Waals surface area contributed by atoms with Crippen LogP contribution in [0.2, 0.25) is 0 Å². The predicted octanol–water partition coefficient (Wildman–Crippen LogP) is 3.60. The lowest BCUT2D eigenvalue weighted by atomic mass is 10.2. The van der Waals surface area contributed by atoms with Gasteiger partial charge in [0, 0.05) is 11.8 Å². The lowest BCUT2D eigenvalue weighted by molar-refractivity contribution is 0.350. The number of hydrogen-bond acceptors (Lipinski definition) is 2. The number of unbranched alkanes of at least 4 members (excludes halogenated alkanes) is 3. The van der Waals surface area contributed by atoms with Gasteiger partial charge in [-0.3, -0.25) is 0 Å². The van der Waals surface area contributed by atoms with Crippen LogP contribution in [0.5, 0.6) is 0 Å². The maximum atomic E-state index is 8.19. The summed E-state index contributed by atoms with van der Waals surface area (Å²) in [6.45, 7) is 4.16. The van der Waals surface area contributed by atoms with Gasteiger partial charge in [0.25, 0.3) is 0 Å². The Morgan fingerprint density at radius 3 is 1.72 bits per heavy atom. The third-order valence-electron chi connectivity index (χ3n) is 1.44. The largest absolute Gasteiger partial charge is 0.384 e. The van der Waals surface area contributed by atoms with Crippen LogP contribution in [0.4, 0.5) is 0 Å². The molecular formula is C15H29BrO2. The zero-order valence-electron chi connectivity index (χ0n) is 11.0. The van der Waals surface area contributed by atoms with Crippen molar-refractivity contribution in [2.75, 3.05) is 18.5 Å². The number of hydrogen-bond donors (Lipinski definition) is 2. The highest BCUT2D eigenvalue weighted by Gasteiger charge is 1.73. The molecule has 0 amide bonds. The van der Waals surface area contributed by atoms with Crippen molar-refractivity contribution in [3.8, 4) is 24.2 Å². The Balaban J connectivity index is -0.0000000855. The molecule has 108 valence electrons. The van der Waals surface area contributed by atoms with Gasteiger partial charge in [-0.05, 0) is 12.8 Å². The molecule has 0 aromatic rings. The number of aliphatic hydroxyl groups is 2. The first kappa shape index (κ1) is 26.2. The second kappa shape index (κ2) is 36.0. The standard InChI is InChI=1S/C7H12O.C4H9Br.C3H4O.CH4/c1-2-3-4-5-6-7-8;1-2-3-4-5;1-2-3-4;/h8H,2-4,7H2,1H3;2-4H2,1H3;1,4H,3H2;1H4. The molecule has 0 fully saturated rings. The van der Waals surface area contributed by atoms with Crippen molar-refractivity contribution in [2.45, 2.75) is 53.4 Å². The van der Waals surface area contributed by atoms with Gasteiger partial charge in [-0.1, -0.05) is 61.9 Å². The Kier molecular flexibility index (Phi) is 52.3. The molecule has 0 aliphatic carbocycles. The Morgan fingerprint density at radius 2 is 1.50 bits per heavy atom. The number of rotatable bonds is 4. The van der Waals surface area contributed by atoms with E-state index in [2.05, 4.69) is 48.0 Å². The van der Waals surface area contributed by atoms with E-state index in [1.807, 2.05) is 5.92 Å². The van der Waals surface area contributed by atoms with Crippen molar-refractivity contribution in [1.82, 2.24) is 0 Å². The third kappa shape index (κ3) is 57.9. The fourth-order valence-electron chi connectivity index (χ4n) is 0.543. The van der Waals surface area contributed by atoms with Crippen molar-refractivity contribution < 1.29 is 10.2 Å². The topological polar surface area (TPSA) is 40.5 Å². The summed E-state index contributed by atoms with van der Waals surface area (Å²) in [5.74, 6) is 7.41. The fraction of sp³-hybridized carbons (Fsp3) is 0.733. The van der Waals surface area contributed by atoms with Crippen LogP contribution in [-0.2, 0) is 0 Å². The predicted molar refractivity (Wildman–Crippen MR) is 85.7 cm³/mol. The normalized spacial score (nSPS) is 6.89. The van der Waals surface area contributed by atoms with E-state index in [0.29, 0.717) is 0 Å². The summed E-state index contributed by atoms with van der Waals surface area (Å²) in [5.41, 5.74) is 0. The lowest BCUT2D eigenvalue weighted by Gasteiger charge is -1.81. The van der Waals surface area contributed by atoms with Gasteiger partial charge in [-0.15, -0.1) is 12.3 Å². The SMILES string of the molecule is C.C#CCO.CCCCBr.CCCCC#CCO. The summed E-state index contributed by atoms with van der Waals surface area (Å²) in [5, 5.41) is 17.0. The quantitative estimate of drug-likeness (QED) is 0.472. The van der Waals surface area contributed by atoms with Crippen LogP contribution in [-0.4, -0.2) is 28.8 Å². The molecule has 0 atom stereocenters. The van der Waals surface area contributed by atoms with Crippen LogP contribution in [0.3, 0.4) is 0 Å². The smallest absolute Gasteiger partial charge is 0.104 e. The highest BCUT2D eigenvalue weighted by atomic mass is 79.9. The summed E-state index contributed by atoms with van der Waals surface area (Å²) in [6, 6.07) is 0. The van der Waals surface area contributed by atoms with Crippen molar-refractivity contribution in [1.29, 1.82) is 0 Å². The van der Waals surface area contributed by atoms with Gasteiger partial charge in [0.1, 0.15) is 13.2 Å². The molecular weight excluding hydrogens is 292 g/mol. The minimum Gasteiger partial charge on any atom is -0.384 e. The van der Waals surface area contributed by atoms with Crippen LogP contribution in [0.25, 0.3) is 0 Å². The first-order valence-electron chi connectivity index (χ1n) is 5.91. The van der Waals surface area contributed by atoms with Gasteiger partial charge in [0.05, 0.1) is 0 Å². The highest BCUT2D eigenvalue weighted by Crippen LogP contribution is 1.89. The van der Waals surface area contributed by atoms with E-state index in [1.165, 1.54) is 19.3 Å². The zero-order valence-corrected chi connectivity index (χ0v) is 12.6. The summed E-state index contributed by atoms with van der Waals surface area (Å²) in [6.07, 6.45) is 10.4. The molecule has 0 bridgehead atoms. The van der Waals surface area contributed by atoms with E-state index >= 15 is 0 Å². The first-order valence-corrected chi connectivity index (χ1v) is 7.03. The molecule has 0 heterocycles. The third-order valence-corrected chi connectivity index (χ3v) is 2.00. The zero-order chi connectivity index (χ0) is 13.8. The summed E-state index contributed by atoms with van der Waals surface area (Å²) in [4.78, 5) is 0. The monoisotopic (exact) mass is 320 g/mol. The number of halogens is 1. The second-order valence-corrected chi connectivity index (χ2v) is 3.81. The van der Waals surface area contributed by atoms with Crippen LogP contribution in [0.1, 0.15) is 53.4 Å². The first-order chi connectivity index (χ1) is 8.24. The number of terminal acetylenes is 1. The molecule has 0 aliphatic rings. The maximum Gasteiger partial charge on any atom is 0.104 e. The van der Waals surface area contributed by atoms with Gasteiger partial charge in [-0.2, -0.15) is 0 Å². The molecule has 0 rings (SSSR count). The van der Waals surface area contributed by atoms with Gasteiger partial charge in [-0.25, -0.2) is 0 Å². The van der Waals surface area contributed by atoms with Crippen LogP contribution in [0, 0.1) is 24.2 Å². The van der Waals surface area contributed by atoms with Crippen molar-refractivity contribution in [2.24, 2.45) is 0 Å². The molecule has 0 radical (unpaired) electrons. The lowest BCUT2D eigenvalue weighted by Crippen LogP contribution is -1.72. The number of aliphatic hydroxyl groups excluding tert-OH is 2. The van der Waals surface area contributed by atoms with E-state index in [0.717, 1.165) is 18.2 Å². The molecule has 18 heavy (non-hydrogen) atoms. The highest BCUT2D eigenvalue weighted by molar-refractivity contribution is 9.09. The fourth-order valence-corrected chi connectivity index (χ4v) is 1.10. The molecule has 2 N–H and O–H groups in total. The molecule has 0 aromatic carbocycles. The summed E-state index contributed by atoms with van der Waals surface area (Å²) in [7, 11) is 0. The number of alkyl halides is 1. The Morgan fingerprint density at radius 1 is 1.00 bits per heavy atom. The average molecular weight is 321 g/mol. The van der Waals surface area contributed by atoms with Gasteiger partial charge < -0.3 is 10.2 Å². The molecule has 2 nitrogen and oxygen atoms in total. The van der Waals surface area contributed by atoms with Gasteiger partial charge >= 0.3 is 0 Å². The maximum absolute atomic E-state index is 8.19. The minimum atomic E-state index is -0.153. The van der Waals surface area contributed by atoms with E-state index in [-0.39, 0.29) is 20.6 Å². The van der Waals surface area contributed by atoms with Crippen molar-refractivity contribution in [3.05, 3.63) is 0 Å². The van der Waals surface area contributed by atoms with Crippen LogP contribution >= 0.6 is 15.9 Å². The van der Waals surface area contributed by atoms with Crippen LogP contribution in [0.15, 0.2) is 0 Å². The Bertz CT molecular complexity index is 197. The average Bonchev–Trinajstić information content (AvgIpc) is 2.37. The molecule has 0 saturated carbocycles. The van der Waals surface area contributed by atoms with E-state index < -0.39 is 0 Å². The molecule has 0 aliphatic heterocycles. The summed E-state index contributed by atoms with van der Waals surface area (Å²) >= 11 is 3.31. The van der Waals surface area contributed by atoms with Crippen LogP contribution < -0.4 is 0 Å². The van der Waals surface area contributed by atoms with Gasteiger partial charge in [0.15, 0.2) is 0 Å². The van der Waals surface area contributed by atoms with Gasteiger partial charge in [0.2, 0.25) is 0 Å². The molecule has 0 saturated heterocycles. The Hall–Kier alpha value is -0.480. The van der Waals surface area contributed by atoms with Crippen molar-refractivity contribution >= 4 is 15.9 Å². The molecule has 3 heteroatoms. The van der Waals surface area contributed by atoms with E-state index in [1.54, 1.807) is 0 Å². The van der Waals surface area contributed by atoms with E-state index in [4.69, 9.17) is 10.2 Å². The molecule has 0 unspecified atom stereocenters. The summed E-state index contributed by atoms with van der Waals surface area (Å²) < 4.78 is 0. The Labute approximate surface area is 122 Å². The minimum absolute atomic E-state index is 0.